The van der Waals surface area contributed by atoms with Crippen molar-refractivity contribution in [1.29, 1.82) is 0 Å². The molecule has 0 saturated carbocycles. The maximum absolute atomic E-state index is 13.2. The standard InChI is InChI=1S/C27H26N2O/c1-3-16-29-25-15-14-20(2)17-23(25)18-24(27(29)30)19-28-26(21-10-6-4-7-11-21)22-12-8-5-9-13-22/h3-15,17-18,26,28H,1,16,19H2,2H3. The maximum atomic E-state index is 13.2. The number of aryl methyl sites for hydroxylation is 1. The van der Waals surface area contributed by atoms with Crippen LogP contribution in [-0.4, -0.2) is 4.57 Å². The number of nitrogens with one attached hydrogen (secondary N) is 1. The van der Waals surface area contributed by atoms with Crippen LogP contribution in [0.5, 0.6) is 0 Å². The molecule has 0 aliphatic carbocycles. The van der Waals surface area contributed by atoms with Gasteiger partial charge in [0.2, 0.25) is 0 Å². The number of aromatic nitrogens is 1. The Morgan fingerprint density at radius 2 is 1.57 bits per heavy atom. The van der Waals surface area contributed by atoms with Crippen molar-refractivity contribution in [2.45, 2.75) is 26.1 Å². The Balaban J connectivity index is 1.73. The summed E-state index contributed by atoms with van der Waals surface area (Å²) in [6.45, 7) is 6.87. The van der Waals surface area contributed by atoms with Gasteiger partial charge in [0.05, 0.1) is 11.6 Å². The van der Waals surface area contributed by atoms with E-state index in [0.29, 0.717) is 13.1 Å². The van der Waals surface area contributed by atoms with Gasteiger partial charge in [-0.1, -0.05) is 78.4 Å². The Morgan fingerprint density at radius 1 is 0.933 bits per heavy atom. The van der Waals surface area contributed by atoms with Gasteiger partial charge in [-0.25, -0.2) is 0 Å². The van der Waals surface area contributed by atoms with Crippen molar-refractivity contribution in [2.24, 2.45) is 0 Å². The van der Waals surface area contributed by atoms with Gasteiger partial charge < -0.3 is 9.88 Å². The minimum absolute atomic E-state index is 0.00728. The molecule has 0 aliphatic rings. The van der Waals surface area contributed by atoms with Crippen LogP contribution < -0.4 is 10.9 Å². The molecule has 30 heavy (non-hydrogen) atoms. The van der Waals surface area contributed by atoms with Crippen molar-refractivity contribution in [1.82, 2.24) is 9.88 Å². The number of benzene rings is 3. The van der Waals surface area contributed by atoms with E-state index in [9.17, 15) is 4.79 Å². The van der Waals surface area contributed by atoms with Gasteiger partial charge in [-0.2, -0.15) is 0 Å². The molecular weight excluding hydrogens is 368 g/mol. The van der Waals surface area contributed by atoms with Gasteiger partial charge in [0, 0.05) is 18.7 Å². The lowest BCUT2D eigenvalue weighted by Crippen LogP contribution is -2.29. The molecule has 0 spiro atoms. The van der Waals surface area contributed by atoms with E-state index in [1.165, 1.54) is 16.7 Å². The molecule has 0 aliphatic heterocycles. The Hall–Kier alpha value is -3.43. The van der Waals surface area contributed by atoms with E-state index in [1.54, 1.807) is 10.6 Å². The van der Waals surface area contributed by atoms with Crippen LogP contribution in [0, 0.1) is 6.92 Å². The maximum Gasteiger partial charge on any atom is 0.255 e. The molecule has 1 aromatic heterocycles. The predicted molar refractivity (Wildman–Crippen MR) is 125 cm³/mol. The Labute approximate surface area is 177 Å². The van der Waals surface area contributed by atoms with E-state index in [-0.39, 0.29) is 11.6 Å². The lowest BCUT2D eigenvalue weighted by Gasteiger charge is -2.20. The number of rotatable bonds is 7. The highest BCUT2D eigenvalue weighted by Crippen LogP contribution is 2.23. The number of nitrogens with zero attached hydrogens (tertiary/aromatic N) is 1. The van der Waals surface area contributed by atoms with Gasteiger partial charge in [0.25, 0.3) is 5.56 Å². The van der Waals surface area contributed by atoms with E-state index in [0.717, 1.165) is 16.5 Å². The Bertz CT molecular complexity index is 1170. The average Bonchev–Trinajstić information content (AvgIpc) is 2.78. The molecule has 0 atom stereocenters. The first-order chi connectivity index (χ1) is 14.7. The van der Waals surface area contributed by atoms with Gasteiger partial charge in [0.15, 0.2) is 0 Å². The van der Waals surface area contributed by atoms with Crippen LogP contribution in [0.4, 0.5) is 0 Å². The minimum atomic E-state index is 0.00728. The molecular formula is C27H26N2O. The second-order valence-electron chi connectivity index (χ2n) is 7.57. The molecule has 0 saturated heterocycles. The Morgan fingerprint density at radius 3 is 2.17 bits per heavy atom. The fourth-order valence-corrected chi connectivity index (χ4v) is 3.94. The third-order valence-corrected chi connectivity index (χ3v) is 5.40. The lowest BCUT2D eigenvalue weighted by molar-refractivity contribution is 0.598. The highest BCUT2D eigenvalue weighted by atomic mass is 16.1. The lowest BCUT2D eigenvalue weighted by atomic mass is 9.98. The Kier molecular flexibility index (Phi) is 5.92. The molecule has 0 radical (unpaired) electrons. The van der Waals surface area contributed by atoms with Crippen LogP contribution >= 0.6 is 0 Å². The van der Waals surface area contributed by atoms with Crippen molar-refractivity contribution in [2.75, 3.05) is 0 Å². The number of hydrogen-bond acceptors (Lipinski definition) is 2. The van der Waals surface area contributed by atoms with E-state index >= 15 is 0 Å². The average molecular weight is 395 g/mol. The number of pyridine rings is 1. The number of fused-ring (bicyclic) bond motifs is 1. The quantitative estimate of drug-likeness (QED) is 0.427. The van der Waals surface area contributed by atoms with Crippen LogP contribution in [0.1, 0.15) is 28.3 Å². The van der Waals surface area contributed by atoms with Crippen molar-refractivity contribution in [3.8, 4) is 0 Å². The van der Waals surface area contributed by atoms with Crippen molar-refractivity contribution < 1.29 is 0 Å². The summed E-state index contributed by atoms with van der Waals surface area (Å²) in [4.78, 5) is 13.2. The normalized spacial score (nSPS) is 11.1. The summed E-state index contributed by atoms with van der Waals surface area (Å²) in [5.41, 5.74) is 5.25. The van der Waals surface area contributed by atoms with Crippen molar-refractivity contribution in [3.05, 3.63) is 130 Å². The zero-order valence-corrected chi connectivity index (χ0v) is 17.2. The molecule has 0 fully saturated rings. The van der Waals surface area contributed by atoms with Gasteiger partial charge in [-0.15, -0.1) is 6.58 Å². The van der Waals surface area contributed by atoms with Gasteiger partial charge in [-0.3, -0.25) is 4.79 Å². The molecule has 0 bridgehead atoms. The summed E-state index contributed by atoms with van der Waals surface area (Å²) >= 11 is 0. The first-order valence-corrected chi connectivity index (χ1v) is 10.2. The topological polar surface area (TPSA) is 34.0 Å². The van der Waals surface area contributed by atoms with Crippen LogP contribution in [0.3, 0.4) is 0 Å². The van der Waals surface area contributed by atoms with Gasteiger partial charge in [-0.05, 0) is 41.6 Å². The molecule has 3 heteroatoms. The third-order valence-electron chi connectivity index (χ3n) is 5.40. The molecule has 4 aromatic rings. The molecule has 0 unspecified atom stereocenters. The first kappa shape index (κ1) is 19.9. The predicted octanol–water partition coefficient (Wildman–Crippen LogP) is 5.38. The third kappa shape index (κ3) is 4.12. The zero-order valence-electron chi connectivity index (χ0n) is 17.2. The monoisotopic (exact) mass is 394 g/mol. The molecule has 4 rings (SSSR count). The number of allylic oxidation sites excluding steroid dienone is 1. The van der Waals surface area contributed by atoms with Crippen LogP contribution in [0.2, 0.25) is 0 Å². The minimum Gasteiger partial charge on any atom is -0.304 e. The molecule has 3 aromatic carbocycles. The summed E-state index contributed by atoms with van der Waals surface area (Å²) in [7, 11) is 0. The van der Waals surface area contributed by atoms with Crippen molar-refractivity contribution >= 4 is 10.9 Å². The summed E-state index contributed by atoms with van der Waals surface area (Å²) in [6, 6.07) is 28.9. The molecule has 1 N–H and O–H groups in total. The van der Waals surface area contributed by atoms with Crippen LogP contribution in [0.25, 0.3) is 10.9 Å². The van der Waals surface area contributed by atoms with E-state index < -0.39 is 0 Å². The zero-order chi connectivity index (χ0) is 20.9. The first-order valence-electron chi connectivity index (χ1n) is 10.2. The molecule has 0 amide bonds. The largest absolute Gasteiger partial charge is 0.304 e. The van der Waals surface area contributed by atoms with Gasteiger partial charge >= 0.3 is 0 Å². The summed E-state index contributed by atoms with van der Waals surface area (Å²) in [5.74, 6) is 0. The van der Waals surface area contributed by atoms with E-state index in [1.807, 2.05) is 54.6 Å². The summed E-state index contributed by atoms with van der Waals surface area (Å²) in [5, 5.41) is 4.69. The summed E-state index contributed by atoms with van der Waals surface area (Å²) < 4.78 is 1.80. The van der Waals surface area contributed by atoms with Gasteiger partial charge in [0.1, 0.15) is 0 Å². The molecule has 1 heterocycles. The fourth-order valence-electron chi connectivity index (χ4n) is 3.94. The summed E-state index contributed by atoms with van der Waals surface area (Å²) in [6.07, 6.45) is 1.77. The smallest absolute Gasteiger partial charge is 0.255 e. The molecule has 150 valence electrons. The van der Waals surface area contributed by atoms with Crippen LogP contribution in [0.15, 0.2) is 102 Å². The molecule has 3 nitrogen and oxygen atoms in total. The second kappa shape index (κ2) is 8.93. The highest BCUT2D eigenvalue weighted by molar-refractivity contribution is 5.80. The van der Waals surface area contributed by atoms with Crippen LogP contribution in [-0.2, 0) is 13.1 Å². The SMILES string of the molecule is C=CCn1c(=O)c(CNC(c2ccccc2)c2ccccc2)cc2cc(C)ccc21. The second-order valence-corrected chi connectivity index (χ2v) is 7.57. The number of hydrogen-bond donors (Lipinski definition) is 1. The highest BCUT2D eigenvalue weighted by Gasteiger charge is 2.15. The van der Waals surface area contributed by atoms with E-state index in [2.05, 4.69) is 49.2 Å². The van der Waals surface area contributed by atoms with E-state index in [4.69, 9.17) is 0 Å². The van der Waals surface area contributed by atoms with Crippen molar-refractivity contribution in [3.63, 3.8) is 0 Å². The fraction of sp³-hybridized carbons (Fsp3) is 0.148.